The van der Waals surface area contributed by atoms with Crippen LogP contribution in [0.3, 0.4) is 0 Å². The molecule has 1 fully saturated rings. The van der Waals surface area contributed by atoms with Crippen LogP contribution in [0.25, 0.3) is 10.4 Å². The van der Waals surface area contributed by atoms with Crippen LogP contribution < -0.4 is 10.2 Å². The average Bonchev–Trinajstić information content (AvgIpc) is 3.37. The Balaban J connectivity index is 1.77. The normalized spacial score (nSPS) is 20.4. The highest BCUT2D eigenvalue weighted by atomic mass is 16.6. The Bertz CT molecular complexity index is 1350. The van der Waals surface area contributed by atoms with E-state index < -0.39 is 29.1 Å². The molecule has 2 aliphatic heterocycles. The van der Waals surface area contributed by atoms with Gasteiger partial charge in [-0.25, -0.2) is 10.0 Å². The lowest BCUT2D eigenvalue weighted by Crippen LogP contribution is -2.55. The molecule has 0 unspecified atom stereocenters. The first-order valence-electron chi connectivity index (χ1n) is 14.7. The van der Waals surface area contributed by atoms with Crippen LogP contribution >= 0.6 is 0 Å². The summed E-state index contributed by atoms with van der Waals surface area (Å²) in [5.41, 5.74) is 11.4. The van der Waals surface area contributed by atoms with Gasteiger partial charge in [0.25, 0.3) is 5.91 Å². The molecule has 2 atom stereocenters. The molecular formula is C31H40N6O6. The quantitative estimate of drug-likeness (QED) is 0.111. The number of amides is 1. The first-order chi connectivity index (χ1) is 20.6. The van der Waals surface area contributed by atoms with Gasteiger partial charge in [0.1, 0.15) is 11.4 Å². The Morgan fingerprint density at radius 1 is 1.16 bits per heavy atom. The van der Waals surface area contributed by atoms with Crippen LogP contribution in [0.1, 0.15) is 76.5 Å². The van der Waals surface area contributed by atoms with Crippen molar-refractivity contribution in [1.29, 1.82) is 0 Å². The number of hydrogen-bond acceptors (Lipinski definition) is 9. The van der Waals surface area contributed by atoms with Crippen LogP contribution in [-0.2, 0) is 19.1 Å². The first-order valence-corrected chi connectivity index (χ1v) is 14.7. The van der Waals surface area contributed by atoms with Gasteiger partial charge < -0.3 is 19.3 Å². The van der Waals surface area contributed by atoms with Crippen molar-refractivity contribution in [3.8, 4) is 5.75 Å². The molecule has 12 nitrogen and oxygen atoms in total. The number of aliphatic hydroxyl groups excluding tert-OH is 1. The minimum Gasteiger partial charge on any atom is -0.494 e. The molecule has 0 spiro atoms. The maximum atomic E-state index is 14.3. The number of rotatable bonds is 12. The van der Waals surface area contributed by atoms with Gasteiger partial charge in [-0.2, -0.15) is 0 Å². The van der Waals surface area contributed by atoms with Crippen molar-refractivity contribution >= 4 is 23.5 Å². The second kappa shape index (κ2) is 14.4. The fourth-order valence-corrected chi connectivity index (χ4v) is 5.13. The SMILES string of the molecule is CC(C)(C)OC(=O)CC[C@]1(C(=O)NN2CCCCC2)N=C(c2ccc(OCCCO)cc2)O[C@H]1c1ccccc1N=[N+]=[N-]. The van der Waals surface area contributed by atoms with Gasteiger partial charge in [0.15, 0.2) is 11.6 Å². The van der Waals surface area contributed by atoms with E-state index in [2.05, 4.69) is 15.5 Å². The molecule has 12 heteroatoms. The van der Waals surface area contributed by atoms with Crippen LogP contribution in [0.5, 0.6) is 5.75 Å². The molecule has 4 rings (SSSR count). The van der Waals surface area contributed by atoms with Gasteiger partial charge in [-0.05, 0) is 69.8 Å². The second-order valence-corrected chi connectivity index (χ2v) is 11.6. The summed E-state index contributed by atoms with van der Waals surface area (Å²) in [6, 6.07) is 14.0. The molecule has 0 aromatic heterocycles. The average molecular weight is 593 g/mol. The van der Waals surface area contributed by atoms with Crippen molar-refractivity contribution in [2.75, 3.05) is 26.3 Å². The van der Waals surface area contributed by atoms with E-state index in [1.165, 1.54) is 0 Å². The fourth-order valence-electron chi connectivity index (χ4n) is 5.13. The molecule has 0 bridgehead atoms. The molecule has 230 valence electrons. The molecule has 1 saturated heterocycles. The zero-order valence-corrected chi connectivity index (χ0v) is 25.0. The van der Waals surface area contributed by atoms with E-state index in [4.69, 9.17) is 24.3 Å². The van der Waals surface area contributed by atoms with E-state index in [-0.39, 0.29) is 25.3 Å². The molecule has 2 N–H and O–H groups in total. The number of aliphatic hydroxyl groups is 1. The van der Waals surface area contributed by atoms with E-state index in [1.54, 1.807) is 69.3 Å². The number of hydrazine groups is 1. The molecular weight excluding hydrogens is 552 g/mol. The van der Waals surface area contributed by atoms with Crippen LogP contribution in [0, 0.1) is 0 Å². The Hall–Kier alpha value is -4.12. The molecule has 0 aliphatic carbocycles. The van der Waals surface area contributed by atoms with E-state index >= 15 is 0 Å². The maximum Gasteiger partial charge on any atom is 0.306 e. The summed E-state index contributed by atoms with van der Waals surface area (Å²) in [5.74, 6) is -0.0638. The smallest absolute Gasteiger partial charge is 0.306 e. The number of piperidine rings is 1. The lowest BCUT2D eigenvalue weighted by atomic mass is 9.83. The number of carbonyl (C=O) groups is 2. The van der Waals surface area contributed by atoms with Gasteiger partial charge in [0.05, 0.1) is 6.61 Å². The van der Waals surface area contributed by atoms with E-state index in [0.29, 0.717) is 48.7 Å². The maximum absolute atomic E-state index is 14.3. The number of azide groups is 1. The number of carbonyl (C=O) groups excluding carboxylic acids is 2. The van der Waals surface area contributed by atoms with Gasteiger partial charge in [-0.1, -0.05) is 35.8 Å². The van der Waals surface area contributed by atoms with Crippen molar-refractivity contribution in [3.05, 3.63) is 70.1 Å². The Labute approximate surface area is 251 Å². The predicted octanol–water partition coefficient (Wildman–Crippen LogP) is 5.29. The van der Waals surface area contributed by atoms with Crippen LogP contribution in [0.4, 0.5) is 5.69 Å². The van der Waals surface area contributed by atoms with E-state index in [0.717, 1.165) is 19.3 Å². The Morgan fingerprint density at radius 3 is 2.56 bits per heavy atom. The number of ether oxygens (including phenoxy) is 3. The standard InChI is InChI=1S/C31H40N6O6/c1-30(2,3)43-26(39)16-17-31(29(40)35-37-18-7-4-8-19-37)27(24-10-5-6-11-25(24)34-36-32)42-28(33-31)22-12-14-23(15-13-22)41-21-9-20-38/h5-6,10-15,27,38H,4,7-9,16-21H2,1-3H3,(H,35,40)/t27-,31-/m0/s1. The minimum absolute atomic E-state index is 0.0112. The summed E-state index contributed by atoms with van der Waals surface area (Å²) >= 11 is 0. The number of benzene rings is 2. The summed E-state index contributed by atoms with van der Waals surface area (Å²) < 4.78 is 17.7. The van der Waals surface area contributed by atoms with E-state index in [9.17, 15) is 15.1 Å². The monoisotopic (exact) mass is 592 g/mol. The summed E-state index contributed by atoms with van der Waals surface area (Å²) in [4.78, 5) is 35.2. The van der Waals surface area contributed by atoms with Crippen molar-refractivity contribution in [2.24, 2.45) is 10.1 Å². The third-order valence-corrected chi connectivity index (χ3v) is 7.15. The van der Waals surface area contributed by atoms with Crippen molar-refractivity contribution in [1.82, 2.24) is 10.4 Å². The van der Waals surface area contributed by atoms with Gasteiger partial charge in [-0.15, -0.1) is 0 Å². The largest absolute Gasteiger partial charge is 0.494 e. The highest BCUT2D eigenvalue weighted by molar-refractivity contribution is 6.01. The Morgan fingerprint density at radius 2 is 1.88 bits per heavy atom. The molecule has 2 aromatic carbocycles. The highest BCUT2D eigenvalue weighted by Crippen LogP contribution is 2.46. The number of hydrogen-bond donors (Lipinski definition) is 2. The zero-order chi connectivity index (χ0) is 30.9. The van der Waals surface area contributed by atoms with Gasteiger partial charge in [0, 0.05) is 54.3 Å². The summed E-state index contributed by atoms with van der Waals surface area (Å²) in [6.07, 6.45) is 2.39. The molecule has 2 aliphatic rings. The molecule has 2 heterocycles. The highest BCUT2D eigenvalue weighted by Gasteiger charge is 2.54. The van der Waals surface area contributed by atoms with Crippen LogP contribution in [-0.4, -0.2) is 65.3 Å². The molecule has 43 heavy (non-hydrogen) atoms. The predicted molar refractivity (Wildman–Crippen MR) is 161 cm³/mol. The van der Waals surface area contributed by atoms with Crippen molar-refractivity contribution in [2.45, 2.75) is 76.5 Å². The van der Waals surface area contributed by atoms with Gasteiger partial charge >= 0.3 is 5.97 Å². The number of nitrogens with one attached hydrogen (secondary N) is 1. The van der Waals surface area contributed by atoms with Crippen LogP contribution in [0.15, 0.2) is 58.6 Å². The number of esters is 1. The van der Waals surface area contributed by atoms with Crippen molar-refractivity contribution in [3.63, 3.8) is 0 Å². The fraction of sp³-hybridized carbons (Fsp3) is 0.516. The van der Waals surface area contributed by atoms with Crippen molar-refractivity contribution < 1.29 is 28.9 Å². The lowest BCUT2D eigenvalue weighted by molar-refractivity contribution is -0.155. The third kappa shape index (κ3) is 8.25. The third-order valence-electron chi connectivity index (χ3n) is 7.15. The molecule has 0 radical (unpaired) electrons. The summed E-state index contributed by atoms with van der Waals surface area (Å²) in [6.45, 7) is 7.16. The van der Waals surface area contributed by atoms with E-state index in [1.807, 2.05) is 5.01 Å². The summed E-state index contributed by atoms with van der Waals surface area (Å²) in [5, 5.41) is 14.8. The second-order valence-electron chi connectivity index (χ2n) is 11.6. The topological polar surface area (TPSA) is 158 Å². The van der Waals surface area contributed by atoms with Gasteiger partial charge in [0.2, 0.25) is 5.90 Å². The first kappa shape index (κ1) is 31.8. The molecule has 2 aromatic rings. The van der Waals surface area contributed by atoms with Crippen LogP contribution in [0.2, 0.25) is 0 Å². The zero-order valence-electron chi connectivity index (χ0n) is 25.0. The lowest BCUT2D eigenvalue weighted by Gasteiger charge is -2.35. The summed E-state index contributed by atoms with van der Waals surface area (Å²) in [7, 11) is 0. The molecule has 0 saturated carbocycles. The number of nitrogens with zero attached hydrogens (tertiary/aromatic N) is 5. The Kier molecular flexibility index (Phi) is 10.6. The number of aliphatic imine (C=N–C) groups is 1. The minimum atomic E-state index is -1.58. The molecule has 1 amide bonds. The van der Waals surface area contributed by atoms with Gasteiger partial charge in [-0.3, -0.25) is 15.0 Å².